The Morgan fingerprint density at radius 3 is 2.76 bits per heavy atom. The monoisotopic (exact) mass is 351 g/mol. The smallest absolute Gasteiger partial charge is 0.191 e. The summed E-state index contributed by atoms with van der Waals surface area (Å²) in [4.78, 5) is 4.68. The predicted octanol–water partition coefficient (Wildman–Crippen LogP) is 2.82. The molecule has 3 unspecified atom stereocenters. The number of nitrogens with zero attached hydrogens (tertiary/aromatic N) is 1. The molecule has 21 heavy (non-hydrogen) atoms. The minimum Gasteiger partial charge on any atom is -0.373 e. The van der Waals surface area contributed by atoms with Crippen molar-refractivity contribution in [2.45, 2.75) is 51.0 Å². The van der Waals surface area contributed by atoms with E-state index < -0.39 is 0 Å². The third-order valence-corrected chi connectivity index (χ3v) is 4.63. The molecule has 2 aliphatic rings. The Morgan fingerprint density at radius 1 is 1.33 bits per heavy atom. The number of halogens is 1. The Bertz CT molecular complexity index is 503. The third-order valence-electron chi connectivity index (χ3n) is 4.11. The quantitative estimate of drug-likeness (QED) is 0.647. The van der Waals surface area contributed by atoms with E-state index in [1.165, 1.54) is 18.4 Å². The lowest BCUT2D eigenvalue weighted by atomic mass is 9.96. The summed E-state index contributed by atoms with van der Waals surface area (Å²) < 4.78 is 6.99. The van der Waals surface area contributed by atoms with Gasteiger partial charge in [0.1, 0.15) is 0 Å². The molecule has 0 aliphatic carbocycles. The van der Waals surface area contributed by atoms with E-state index in [-0.39, 0.29) is 0 Å². The van der Waals surface area contributed by atoms with Crippen molar-refractivity contribution in [1.82, 2.24) is 10.6 Å². The fourth-order valence-electron chi connectivity index (χ4n) is 3.05. The van der Waals surface area contributed by atoms with E-state index in [2.05, 4.69) is 62.7 Å². The molecule has 114 valence electrons. The molecule has 0 saturated carbocycles. The van der Waals surface area contributed by atoms with Gasteiger partial charge >= 0.3 is 0 Å². The fraction of sp³-hybridized carbons (Fsp3) is 0.562. The van der Waals surface area contributed by atoms with Crippen molar-refractivity contribution in [2.75, 3.05) is 6.54 Å². The SMILES string of the molecule is CCNC(=NCc1ccc(Br)cc1)NC1CC2CCC1O2. The first kappa shape index (κ1) is 14.9. The van der Waals surface area contributed by atoms with Crippen LogP contribution in [0, 0.1) is 0 Å². The maximum Gasteiger partial charge on any atom is 0.191 e. The summed E-state index contributed by atoms with van der Waals surface area (Å²) in [6, 6.07) is 8.70. The van der Waals surface area contributed by atoms with Gasteiger partial charge in [0.15, 0.2) is 5.96 Å². The number of aliphatic imine (C=N–C) groups is 1. The molecule has 2 saturated heterocycles. The second kappa shape index (κ2) is 6.79. The highest BCUT2D eigenvalue weighted by molar-refractivity contribution is 9.10. The number of benzene rings is 1. The molecule has 2 bridgehead atoms. The van der Waals surface area contributed by atoms with Gasteiger partial charge in [-0.15, -0.1) is 0 Å². The molecule has 2 fully saturated rings. The highest BCUT2D eigenvalue weighted by atomic mass is 79.9. The first-order valence-electron chi connectivity index (χ1n) is 7.69. The summed E-state index contributed by atoms with van der Waals surface area (Å²) in [7, 11) is 0. The summed E-state index contributed by atoms with van der Waals surface area (Å²) in [6.45, 7) is 3.65. The molecule has 2 N–H and O–H groups in total. The van der Waals surface area contributed by atoms with Crippen LogP contribution in [-0.4, -0.2) is 30.8 Å². The van der Waals surface area contributed by atoms with Crippen LogP contribution in [0.1, 0.15) is 31.7 Å². The van der Waals surface area contributed by atoms with E-state index in [1.54, 1.807) is 0 Å². The number of rotatable bonds is 4. The van der Waals surface area contributed by atoms with Gasteiger partial charge in [0, 0.05) is 11.0 Å². The van der Waals surface area contributed by atoms with E-state index >= 15 is 0 Å². The van der Waals surface area contributed by atoms with Gasteiger partial charge in [0.05, 0.1) is 24.8 Å². The van der Waals surface area contributed by atoms with Gasteiger partial charge < -0.3 is 15.4 Å². The second-order valence-corrected chi connectivity index (χ2v) is 6.60. The number of guanidine groups is 1. The van der Waals surface area contributed by atoms with Crippen LogP contribution in [0.25, 0.3) is 0 Å². The second-order valence-electron chi connectivity index (χ2n) is 5.68. The van der Waals surface area contributed by atoms with E-state index in [9.17, 15) is 0 Å². The lowest BCUT2D eigenvalue weighted by Crippen LogP contribution is -2.47. The van der Waals surface area contributed by atoms with E-state index in [0.29, 0.717) is 24.8 Å². The summed E-state index contributed by atoms with van der Waals surface area (Å²) in [6.07, 6.45) is 4.32. The molecule has 1 aromatic carbocycles. The van der Waals surface area contributed by atoms with Crippen LogP contribution in [-0.2, 0) is 11.3 Å². The maximum absolute atomic E-state index is 5.89. The number of hydrogen-bond donors (Lipinski definition) is 2. The lowest BCUT2D eigenvalue weighted by Gasteiger charge is -2.22. The number of nitrogens with one attached hydrogen (secondary N) is 2. The van der Waals surface area contributed by atoms with Crippen LogP contribution in [0.2, 0.25) is 0 Å². The lowest BCUT2D eigenvalue weighted by molar-refractivity contribution is 0.0992. The van der Waals surface area contributed by atoms with Crippen molar-refractivity contribution >= 4 is 21.9 Å². The molecule has 4 nitrogen and oxygen atoms in total. The molecule has 1 aromatic rings. The van der Waals surface area contributed by atoms with Crippen LogP contribution >= 0.6 is 15.9 Å². The van der Waals surface area contributed by atoms with Crippen molar-refractivity contribution in [3.05, 3.63) is 34.3 Å². The third kappa shape index (κ3) is 3.77. The zero-order chi connectivity index (χ0) is 14.7. The van der Waals surface area contributed by atoms with Crippen molar-refractivity contribution < 1.29 is 4.74 Å². The number of ether oxygens (including phenoxy) is 1. The van der Waals surface area contributed by atoms with Crippen LogP contribution in [0.4, 0.5) is 0 Å². The summed E-state index contributed by atoms with van der Waals surface area (Å²) in [5.41, 5.74) is 1.21. The molecule has 0 radical (unpaired) electrons. The summed E-state index contributed by atoms with van der Waals surface area (Å²) in [5.74, 6) is 0.890. The van der Waals surface area contributed by atoms with Crippen molar-refractivity contribution in [2.24, 2.45) is 4.99 Å². The predicted molar refractivity (Wildman–Crippen MR) is 88.4 cm³/mol. The molecule has 0 spiro atoms. The minimum atomic E-state index is 0.367. The van der Waals surface area contributed by atoms with Gasteiger partial charge in [-0.2, -0.15) is 0 Å². The van der Waals surface area contributed by atoms with Gasteiger partial charge in [0.2, 0.25) is 0 Å². The molecule has 0 amide bonds. The molecule has 0 aromatic heterocycles. The van der Waals surface area contributed by atoms with Crippen molar-refractivity contribution in [3.63, 3.8) is 0 Å². The van der Waals surface area contributed by atoms with E-state index in [4.69, 9.17) is 4.74 Å². The first-order chi connectivity index (χ1) is 10.2. The molecule has 3 rings (SSSR count). The molecular weight excluding hydrogens is 330 g/mol. The van der Waals surface area contributed by atoms with Crippen LogP contribution in [0.5, 0.6) is 0 Å². The normalized spacial score (nSPS) is 27.9. The Balaban J connectivity index is 1.60. The Labute approximate surface area is 134 Å². The Morgan fingerprint density at radius 2 is 2.14 bits per heavy atom. The van der Waals surface area contributed by atoms with Gasteiger partial charge in [-0.1, -0.05) is 28.1 Å². The van der Waals surface area contributed by atoms with Crippen molar-refractivity contribution in [1.29, 1.82) is 0 Å². The highest BCUT2D eigenvalue weighted by Crippen LogP contribution is 2.34. The largest absolute Gasteiger partial charge is 0.373 e. The van der Waals surface area contributed by atoms with Gasteiger partial charge in [-0.25, -0.2) is 4.99 Å². The molecule has 2 heterocycles. The van der Waals surface area contributed by atoms with Crippen LogP contribution in [0.15, 0.2) is 33.7 Å². The average Bonchev–Trinajstić information content (AvgIpc) is 3.09. The fourth-order valence-corrected chi connectivity index (χ4v) is 3.31. The standard InChI is InChI=1S/C16H22BrN3O/c1-2-18-16(19-10-11-3-5-12(17)6-4-11)20-14-9-13-7-8-15(14)21-13/h3-6,13-15H,2,7-10H2,1H3,(H2,18,19,20). The average molecular weight is 352 g/mol. The zero-order valence-electron chi connectivity index (χ0n) is 12.3. The zero-order valence-corrected chi connectivity index (χ0v) is 13.9. The van der Waals surface area contributed by atoms with Crippen molar-refractivity contribution in [3.8, 4) is 0 Å². The molecular formula is C16H22BrN3O. The minimum absolute atomic E-state index is 0.367. The van der Waals surface area contributed by atoms with Gasteiger partial charge in [-0.05, 0) is 43.9 Å². The van der Waals surface area contributed by atoms with E-state index in [0.717, 1.165) is 23.4 Å². The highest BCUT2D eigenvalue weighted by Gasteiger charge is 2.41. The summed E-state index contributed by atoms with van der Waals surface area (Å²) >= 11 is 3.45. The molecule has 3 atom stereocenters. The number of hydrogen-bond acceptors (Lipinski definition) is 2. The molecule has 5 heteroatoms. The van der Waals surface area contributed by atoms with Crippen LogP contribution < -0.4 is 10.6 Å². The molecule has 2 aliphatic heterocycles. The summed E-state index contributed by atoms with van der Waals surface area (Å²) in [5, 5.41) is 6.86. The van der Waals surface area contributed by atoms with Crippen LogP contribution in [0.3, 0.4) is 0 Å². The Hall–Kier alpha value is -1.07. The van der Waals surface area contributed by atoms with E-state index in [1.807, 2.05) is 0 Å². The number of fused-ring (bicyclic) bond motifs is 2. The van der Waals surface area contributed by atoms with Gasteiger partial charge in [-0.3, -0.25) is 0 Å². The van der Waals surface area contributed by atoms with Gasteiger partial charge in [0.25, 0.3) is 0 Å². The topological polar surface area (TPSA) is 45.7 Å². The Kier molecular flexibility index (Phi) is 4.80. The first-order valence-corrected chi connectivity index (χ1v) is 8.48. The maximum atomic E-state index is 5.89.